The van der Waals surface area contributed by atoms with Gasteiger partial charge in [-0.05, 0) is 31.2 Å². The van der Waals surface area contributed by atoms with E-state index in [9.17, 15) is 9.59 Å². The fourth-order valence-electron chi connectivity index (χ4n) is 1.87. The van der Waals surface area contributed by atoms with Gasteiger partial charge in [0.25, 0.3) is 0 Å². The van der Waals surface area contributed by atoms with Gasteiger partial charge < -0.3 is 26.6 Å². The second-order valence-corrected chi connectivity index (χ2v) is 5.26. The molecule has 0 heterocycles. The minimum Gasteiger partial charge on any atom is -0.465 e. The van der Waals surface area contributed by atoms with Crippen molar-refractivity contribution in [3.63, 3.8) is 0 Å². The van der Waals surface area contributed by atoms with E-state index in [-0.39, 0.29) is 17.4 Å². The van der Waals surface area contributed by atoms with Crippen LogP contribution < -0.4 is 16.4 Å². The van der Waals surface area contributed by atoms with Gasteiger partial charge in [-0.1, -0.05) is 13.8 Å². The zero-order chi connectivity index (χ0) is 14.3. The summed E-state index contributed by atoms with van der Waals surface area (Å²) in [6.45, 7) is 6.24. The Morgan fingerprint density at radius 2 is 1.83 bits per heavy atom. The molecule has 0 aromatic heterocycles. The number of nitrogens with two attached hydrogens (primary N) is 1. The standard InChI is InChI=1S/C11H23N3O4/c1-7(14-10(17)18)8(5-12)4-11(2,3)6-13-9(15)16/h7-8,13-14H,4-6,12H2,1-3H3,(H,15,16)(H,17,18)/t7-,8?/m1/s1. The Labute approximate surface area is 107 Å². The maximum Gasteiger partial charge on any atom is 0.404 e. The first-order valence-corrected chi connectivity index (χ1v) is 5.84. The Balaban J connectivity index is 4.40. The molecule has 0 aliphatic heterocycles. The fourth-order valence-corrected chi connectivity index (χ4v) is 1.87. The van der Waals surface area contributed by atoms with Crippen molar-refractivity contribution in [3.05, 3.63) is 0 Å². The van der Waals surface area contributed by atoms with Crippen molar-refractivity contribution in [1.82, 2.24) is 10.6 Å². The van der Waals surface area contributed by atoms with Gasteiger partial charge in [-0.25, -0.2) is 9.59 Å². The molecule has 0 bridgehead atoms. The summed E-state index contributed by atoms with van der Waals surface area (Å²) in [7, 11) is 0. The van der Waals surface area contributed by atoms with Crippen LogP contribution in [0.25, 0.3) is 0 Å². The van der Waals surface area contributed by atoms with Gasteiger partial charge in [0.1, 0.15) is 0 Å². The van der Waals surface area contributed by atoms with Gasteiger partial charge in [0, 0.05) is 12.6 Å². The highest BCUT2D eigenvalue weighted by Gasteiger charge is 2.27. The molecule has 2 amide bonds. The number of nitrogens with one attached hydrogen (secondary N) is 2. The largest absolute Gasteiger partial charge is 0.465 e. The Kier molecular flexibility index (Phi) is 6.46. The number of carbonyl (C=O) groups is 2. The summed E-state index contributed by atoms with van der Waals surface area (Å²) in [5.41, 5.74) is 5.36. The first-order valence-electron chi connectivity index (χ1n) is 5.84. The van der Waals surface area contributed by atoms with Crippen molar-refractivity contribution in [2.75, 3.05) is 13.1 Å². The van der Waals surface area contributed by atoms with Crippen molar-refractivity contribution in [1.29, 1.82) is 0 Å². The SMILES string of the molecule is C[C@@H](NC(=O)O)C(CN)CC(C)(C)CNC(=O)O. The highest BCUT2D eigenvalue weighted by Crippen LogP contribution is 2.26. The van der Waals surface area contributed by atoms with Crippen LogP contribution >= 0.6 is 0 Å². The number of amides is 2. The van der Waals surface area contributed by atoms with Crippen LogP contribution in [0.15, 0.2) is 0 Å². The van der Waals surface area contributed by atoms with Gasteiger partial charge in [0.05, 0.1) is 0 Å². The molecule has 106 valence electrons. The van der Waals surface area contributed by atoms with Gasteiger partial charge in [0.15, 0.2) is 0 Å². The Morgan fingerprint density at radius 1 is 1.28 bits per heavy atom. The fraction of sp³-hybridized carbons (Fsp3) is 0.818. The van der Waals surface area contributed by atoms with Crippen LogP contribution in [0.5, 0.6) is 0 Å². The third-order valence-electron chi connectivity index (χ3n) is 2.89. The molecule has 0 aromatic rings. The summed E-state index contributed by atoms with van der Waals surface area (Å²) in [4.78, 5) is 21.0. The van der Waals surface area contributed by atoms with Crippen LogP contribution in [0, 0.1) is 11.3 Å². The number of hydrogen-bond donors (Lipinski definition) is 5. The van der Waals surface area contributed by atoms with Gasteiger partial charge in [-0.2, -0.15) is 0 Å². The minimum absolute atomic E-state index is 0.0355. The maximum atomic E-state index is 10.6. The summed E-state index contributed by atoms with van der Waals surface area (Å²) in [5.74, 6) is -0.0355. The van der Waals surface area contributed by atoms with Gasteiger partial charge in [-0.15, -0.1) is 0 Å². The smallest absolute Gasteiger partial charge is 0.404 e. The van der Waals surface area contributed by atoms with E-state index in [4.69, 9.17) is 15.9 Å². The second-order valence-electron chi connectivity index (χ2n) is 5.26. The predicted molar refractivity (Wildman–Crippen MR) is 67.6 cm³/mol. The van der Waals surface area contributed by atoms with Crippen molar-refractivity contribution >= 4 is 12.2 Å². The summed E-state index contributed by atoms with van der Waals surface area (Å²) in [6.07, 6.45) is -1.52. The van der Waals surface area contributed by atoms with Crippen LogP contribution in [0.2, 0.25) is 0 Å². The molecule has 0 radical (unpaired) electrons. The van der Waals surface area contributed by atoms with E-state index in [2.05, 4.69) is 10.6 Å². The van der Waals surface area contributed by atoms with E-state index >= 15 is 0 Å². The highest BCUT2D eigenvalue weighted by molar-refractivity contribution is 5.65. The number of rotatable bonds is 7. The second kappa shape index (κ2) is 7.05. The van der Waals surface area contributed by atoms with Crippen molar-refractivity contribution < 1.29 is 19.8 Å². The molecular weight excluding hydrogens is 238 g/mol. The molecule has 7 heteroatoms. The minimum atomic E-state index is -1.08. The molecule has 0 fully saturated rings. The summed E-state index contributed by atoms with van der Waals surface area (Å²) in [6, 6.07) is -0.267. The Hall–Kier alpha value is -1.50. The maximum absolute atomic E-state index is 10.6. The molecule has 1 unspecified atom stereocenters. The number of hydrogen-bond acceptors (Lipinski definition) is 3. The average molecular weight is 261 g/mol. The lowest BCUT2D eigenvalue weighted by molar-refractivity contribution is 0.171. The highest BCUT2D eigenvalue weighted by atomic mass is 16.4. The zero-order valence-corrected chi connectivity index (χ0v) is 11.1. The molecule has 2 atom stereocenters. The van der Waals surface area contributed by atoms with E-state index in [0.29, 0.717) is 19.5 Å². The normalized spacial score (nSPS) is 14.7. The Bertz CT molecular complexity index is 294. The van der Waals surface area contributed by atoms with Gasteiger partial charge in [0.2, 0.25) is 0 Å². The molecule has 7 nitrogen and oxygen atoms in total. The zero-order valence-electron chi connectivity index (χ0n) is 11.1. The molecule has 6 N–H and O–H groups in total. The van der Waals surface area contributed by atoms with E-state index < -0.39 is 12.2 Å². The summed E-state index contributed by atoms with van der Waals surface area (Å²) in [5, 5.41) is 21.9. The van der Waals surface area contributed by atoms with Crippen LogP contribution in [-0.2, 0) is 0 Å². The van der Waals surface area contributed by atoms with Gasteiger partial charge in [-0.3, -0.25) is 0 Å². The van der Waals surface area contributed by atoms with Crippen LogP contribution in [-0.4, -0.2) is 41.5 Å². The monoisotopic (exact) mass is 261 g/mol. The van der Waals surface area contributed by atoms with Crippen LogP contribution in [0.1, 0.15) is 27.2 Å². The summed E-state index contributed by atoms with van der Waals surface area (Å²) >= 11 is 0. The predicted octanol–water partition coefficient (Wildman–Crippen LogP) is 0.901. The molecule has 0 aliphatic rings. The van der Waals surface area contributed by atoms with Gasteiger partial charge >= 0.3 is 12.2 Å². The van der Waals surface area contributed by atoms with E-state index in [1.54, 1.807) is 6.92 Å². The van der Waals surface area contributed by atoms with Crippen LogP contribution in [0.4, 0.5) is 9.59 Å². The Morgan fingerprint density at radius 3 is 2.22 bits per heavy atom. The lowest BCUT2D eigenvalue weighted by Gasteiger charge is -2.32. The molecule has 18 heavy (non-hydrogen) atoms. The van der Waals surface area contributed by atoms with E-state index in [0.717, 1.165) is 0 Å². The third kappa shape index (κ3) is 6.95. The first kappa shape index (κ1) is 16.5. The van der Waals surface area contributed by atoms with Crippen molar-refractivity contribution in [2.45, 2.75) is 33.2 Å². The van der Waals surface area contributed by atoms with Crippen molar-refractivity contribution in [2.24, 2.45) is 17.1 Å². The molecule has 0 aromatic carbocycles. The molecule has 0 saturated heterocycles. The number of carboxylic acid groups (broad SMARTS) is 2. The van der Waals surface area contributed by atoms with Crippen molar-refractivity contribution in [3.8, 4) is 0 Å². The van der Waals surface area contributed by atoms with E-state index in [1.165, 1.54) is 0 Å². The summed E-state index contributed by atoms with van der Waals surface area (Å²) < 4.78 is 0. The van der Waals surface area contributed by atoms with Crippen LogP contribution in [0.3, 0.4) is 0 Å². The third-order valence-corrected chi connectivity index (χ3v) is 2.89. The molecule has 0 aliphatic carbocycles. The molecule has 0 spiro atoms. The average Bonchev–Trinajstić information content (AvgIpc) is 2.22. The lowest BCUT2D eigenvalue weighted by Crippen LogP contribution is -2.44. The molecule has 0 rings (SSSR count). The topological polar surface area (TPSA) is 125 Å². The lowest BCUT2D eigenvalue weighted by atomic mass is 9.80. The molecule has 0 saturated carbocycles. The first-order chi connectivity index (χ1) is 8.18. The quantitative estimate of drug-likeness (QED) is 0.465. The van der Waals surface area contributed by atoms with E-state index in [1.807, 2.05) is 13.8 Å². The molecular formula is C11H23N3O4.